The van der Waals surface area contributed by atoms with E-state index in [4.69, 9.17) is 16.3 Å². The van der Waals surface area contributed by atoms with Gasteiger partial charge >= 0.3 is 0 Å². The number of nitrogens with one attached hydrogen (secondary N) is 1. The zero-order chi connectivity index (χ0) is 14.4. The van der Waals surface area contributed by atoms with Crippen molar-refractivity contribution in [2.75, 3.05) is 11.9 Å². The predicted octanol–water partition coefficient (Wildman–Crippen LogP) is 4.89. The van der Waals surface area contributed by atoms with Gasteiger partial charge in [0.15, 0.2) is 0 Å². The third-order valence-corrected chi connectivity index (χ3v) is 4.83. The van der Waals surface area contributed by atoms with Crippen LogP contribution in [0, 0.1) is 12.8 Å². The fraction of sp³-hybridized carbons (Fsp3) is 0.333. The van der Waals surface area contributed by atoms with Crippen LogP contribution in [0.2, 0.25) is 5.02 Å². The molecule has 0 bridgehead atoms. The Balaban J connectivity index is 1.79. The smallest absolute Gasteiger partial charge is 0.0896 e. The highest BCUT2D eigenvalue weighted by molar-refractivity contribution is 6.30. The van der Waals surface area contributed by atoms with Gasteiger partial charge in [-0.1, -0.05) is 41.4 Å². The highest BCUT2D eigenvalue weighted by atomic mass is 35.5. The van der Waals surface area contributed by atoms with E-state index >= 15 is 0 Å². The average molecular weight is 300 g/mol. The average Bonchev–Trinajstić information content (AvgIpc) is 2.96. The van der Waals surface area contributed by atoms with Crippen LogP contribution in [0.3, 0.4) is 0 Å². The SMILES string of the molecule is Cc1ccc2c(c1)[C@@H]1OCC[C@H]1[C@@H](c1cccc(Cl)c1)N2. The van der Waals surface area contributed by atoms with Crippen molar-refractivity contribution in [3.8, 4) is 0 Å². The molecule has 2 heterocycles. The maximum atomic E-state index is 6.17. The lowest BCUT2D eigenvalue weighted by Gasteiger charge is -2.36. The molecule has 2 aliphatic heterocycles. The maximum absolute atomic E-state index is 6.17. The highest BCUT2D eigenvalue weighted by Gasteiger charge is 2.41. The summed E-state index contributed by atoms with van der Waals surface area (Å²) in [5, 5.41) is 4.49. The predicted molar refractivity (Wildman–Crippen MR) is 85.8 cm³/mol. The van der Waals surface area contributed by atoms with Gasteiger partial charge in [0.05, 0.1) is 12.1 Å². The van der Waals surface area contributed by atoms with Gasteiger partial charge in [-0.3, -0.25) is 0 Å². The van der Waals surface area contributed by atoms with E-state index < -0.39 is 0 Å². The van der Waals surface area contributed by atoms with Crippen LogP contribution >= 0.6 is 11.6 Å². The molecule has 1 saturated heterocycles. The Kier molecular flexibility index (Phi) is 3.16. The van der Waals surface area contributed by atoms with Gasteiger partial charge in [-0.25, -0.2) is 0 Å². The summed E-state index contributed by atoms with van der Waals surface area (Å²) in [6, 6.07) is 15.0. The van der Waals surface area contributed by atoms with E-state index in [2.05, 4.69) is 42.6 Å². The molecule has 0 radical (unpaired) electrons. The van der Waals surface area contributed by atoms with Crippen LogP contribution in [0.5, 0.6) is 0 Å². The molecular weight excluding hydrogens is 282 g/mol. The molecule has 2 aromatic carbocycles. The molecule has 0 aromatic heterocycles. The minimum atomic E-state index is 0.199. The number of hydrogen-bond donors (Lipinski definition) is 1. The van der Waals surface area contributed by atoms with Crippen molar-refractivity contribution in [1.29, 1.82) is 0 Å². The zero-order valence-corrected chi connectivity index (χ0v) is 12.7. The first-order chi connectivity index (χ1) is 10.2. The molecule has 108 valence electrons. The molecule has 2 nitrogen and oxygen atoms in total. The maximum Gasteiger partial charge on any atom is 0.0896 e. The summed E-state index contributed by atoms with van der Waals surface area (Å²) < 4.78 is 6.05. The molecule has 3 atom stereocenters. The number of rotatable bonds is 1. The molecule has 1 N–H and O–H groups in total. The van der Waals surface area contributed by atoms with Crippen molar-refractivity contribution in [3.63, 3.8) is 0 Å². The lowest BCUT2D eigenvalue weighted by atomic mass is 9.80. The molecule has 4 rings (SSSR count). The second-order valence-corrected chi connectivity index (χ2v) is 6.45. The van der Waals surface area contributed by atoms with Crippen molar-refractivity contribution in [3.05, 3.63) is 64.2 Å². The summed E-state index contributed by atoms with van der Waals surface area (Å²) in [5.74, 6) is 0.470. The molecule has 0 saturated carbocycles. The monoisotopic (exact) mass is 299 g/mol. The Bertz CT molecular complexity index is 685. The van der Waals surface area contributed by atoms with Crippen molar-refractivity contribution in [1.82, 2.24) is 0 Å². The molecule has 0 spiro atoms. The van der Waals surface area contributed by atoms with Crippen LogP contribution < -0.4 is 5.32 Å². The summed E-state index contributed by atoms with van der Waals surface area (Å²) in [7, 11) is 0. The quantitative estimate of drug-likeness (QED) is 0.809. The van der Waals surface area contributed by atoms with Crippen LogP contribution in [-0.4, -0.2) is 6.61 Å². The van der Waals surface area contributed by atoms with Gasteiger partial charge in [0.25, 0.3) is 0 Å². The summed E-state index contributed by atoms with van der Waals surface area (Å²) in [4.78, 5) is 0. The number of ether oxygens (including phenoxy) is 1. The van der Waals surface area contributed by atoms with Crippen LogP contribution in [-0.2, 0) is 4.74 Å². The number of benzene rings is 2. The van der Waals surface area contributed by atoms with Crippen molar-refractivity contribution >= 4 is 17.3 Å². The van der Waals surface area contributed by atoms with Crippen molar-refractivity contribution in [2.45, 2.75) is 25.5 Å². The third kappa shape index (κ3) is 2.23. The van der Waals surface area contributed by atoms with Gasteiger partial charge in [0.2, 0.25) is 0 Å². The van der Waals surface area contributed by atoms with E-state index in [9.17, 15) is 0 Å². The summed E-state index contributed by atoms with van der Waals surface area (Å²) in [5.41, 5.74) is 5.02. The van der Waals surface area contributed by atoms with Crippen LogP contribution in [0.15, 0.2) is 42.5 Å². The van der Waals surface area contributed by atoms with Gasteiger partial charge in [0, 0.05) is 28.8 Å². The van der Waals surface area contributed by atoms with E-state index in [0.717, 1.165) is 18.1 Å². The van der Waals surface area contributed by atoms with Gasteiger partial charge in [0.1, 0.15) is 0 Å². The molecule has 0 amide bonds. The first-order valence-corrected chi connectivity index (χ1v) is 7.84. The molecule has 3 heteroatoms. The van der Waals surface area contributed by atoms with Crippen LogP contribution in [0.25, 0.3) is 0 Å². The van der Waals surface area contributed by atoms with E-state index in [-0.39, 0.29) is 12.1 Å². The molecule has 1 fully saturated rings. The number of halogens is 1. The molecule has 0 aliphatic carbocycles. The normalized spacial score (nSPS) is 26.9. The minimum absolute atomic E-state index is 0.199. The van der Waals surface area contributed by atoms with Crippen molar-refractivity contribution < 1.29 is 4.74 Å². The van der Waals surface area contributed by atoms with Gasteiger partial charge in [-0.2, -0.15) is 0 Å². The lowest BCUT2D eigenvalue weighted by molar-refractivity contribution is 0.0829. The Morgan fingerprint density at radius 3 is 2.95 bits per heavy atom. The second kappa shape index (κ2) is 5.04. The van der Waals surface area contributed by atoms with E-state index in [1.807, 2.05) is 12.1 Å². The largest absolute Gasteiger partial charge is 0.378 e. The first-order valence-electron chi connectivity index (χ1n) is 7.46. The van der Waals surface area contributed by atoms with Crippen LogP contribution in [0.4, 0.5) is 5.69 Å². The van der Waals surface area contributed by atoms with E-state index in [0.29, 0.717) is 5.92 Å². The summed E-state index contributed by atoms with van der Waals surface area (Å²) >= 11 is 6.17. The summed E-state index contributed by atoms with van der Waals surface area (Å²) in [6.07, 6.45) is 1.28. The van der Waals surface area contributed by atoms with Gasteiger partial charge in [-0.15, -0.1) is 0 Å². The Morgan fingerprint density at radius 1 is 1.19 bits per heavy atom. The number of aryl methyl sites for hydroxylation is 1. The highest BCUT2D eigenvalue weighted by Crippen LogP contribution is 2.50. The molecule has 0 unspecified atom stereocenters. The minimum Gasteiger partial charge on any atom is -0.378 e. The second-order valence-electron chi connectivity index (χ2n) is 6.01. The van der Waals surface area contributed by atoms with Crippen LogP contribution in [0.1, 0.15) is 35.3 Å². The summed E-state index contributed by atoms with van der Waals surface area (Å²) in [6.45, 7) is 2.97. The number of hydrogen-bond acceptors (Lipinski definition) is 2. The van der Waals surface area contributed by atoms with Crippen molar-refractivity contribution in [2.24, 2.45) is 5.92 Å². The van der Waals surface area contributed by atoms with E-state index in [1.165, 1.54) is 22.4 Å². The van der Waals surface area contributed by atoms with Gasteiger partial charge < -0.3 is 10.1 Å². The fourth-order valence-corrected chi connectivity index (χ4v) is 3.82. The Hall–Kier alpha value is -1.51. The number of fused-ring (bicyclic) bond motifs is 3. The first kappa shape index (κ1) is 13.2. The Labute approximate surface area is 130 Å². The third-order valence-electron chi connectivity index (χ3n) is 4.60. The Morgan fingerprint density at radius 2 is 2.10 bits per heavy atom. The van der Waals surface area contributed by atoms with E-state index in [1.54, 1.807) is 0 Å². The molecule has 2 aliphatic rings. The molecule has 2 aromatic rings. The number of anilines is 1. The van der Waals surface area contributed by atoms with Gasteiger partial charge in [-0.05, 0) is 37.1 Å². The zero-order valence-electron chi connectivity index (χ0n) is 12.0. The standard InChI is InChI=1S/C18H18ClNO/c1-11-5-6-16-15(9-11)18-14(7-8-21-18)17(20-16)12-3-2-4-13(19)10-12/h2-6,9-10,14,17-18,20H,7-8H2,1H3/t14-,17+,18+/m0/s1. The fourth-order valence-electron chi connectivity index (χ4n) is 3.62. The molecular formula is C18H18ClNO. The topological polar surface area (TPSA) is 21.3 Å². The lowest BCUT2D eigenvalue weighted by Crippen LogP contribution is -2.29. The molecule has 21 heavy (non-hydrogen) atoms.